The van der Waals surface area contributed by atoms with Crippen molar-refractivity contribution in [3.63, 3.8) is 0 Å². The lowest BCUT2D eigenvalue weighted by atomic mass is 9.96. The summed E-state index contributed by atoms with van der Waals surface area (Å²) in [5.41, 5.74) is 6.40. The van der Waals surface area contributed by atoms with E-state index in [0.717, 1.165) is 46.0 Å². The van der Waals surface area contributed by atoms with Gasteiger partial charge in [0.25, 0.3) is 5.91 Å². The number of nitrogens with zero attached hydrogens (tertiary/aromatic N) is 2. The average Bonchev–Trinajstić information content (AvgIpc) is 3.25. The van der Waals surface area contributed by atoms with Gasteiger partial charge in [0.1, 0.15) is 18.1 Å². The third-order valence-electron chi connectivity index (χ3n) is 5.15. The first kappa shape index (κ1) is 17.8. The molecule has 0 fully saturated rings. The molecule has 29 heavy (non-hydrogen) atoms. The van der Waals surface area contributed by atoms with Crippen molar-refractivity contribution in [3.8, 4) is 17.0 Å². The number of nitrogens with one attached hydrogen (secondary N) is 3. The molecule has 0 saturated carbocycles. The van der Waals surface area contributed by atoms with Crippen LogP contribution in [0.1, 0.15) is 22.6 Å². The van der Waals surface area contributed by atoms with Crippen LogP contribution in [0.5, 0.6) is 5.88 Å². The molecule has 3 N–H and O–H groups in total. The Bertz CT molecular complexity index is 1200. The van der Waals surface area contributed by atoms with Gasteiger partial charge >= 0.3 is 0 Å². The summed E-state index contributed by atoms with van der Waals surface area (Å²) in [6.07, 6.45) is 5.26. The van der Waals surface area contributed by atoms with E-state index in [9.17, 15) is 4.79 Å². The number of H-pyrrole nitrogens is 1. The molecule has 5 rings (SSSR count). The standard InChI is InChI=1S/C21H18ClN5O2/c1-10-16(9-25-21-19(10)23-3-4-29-21)13-6-14-15(5-12-8-24-11(2)26-12)20(28)27-18(14)7-17(13)22/h5-9,23H,3-4H2,1-2H3,(H,24,26)(H,27,28)/b15-5-. The van der Waals surface area contributed by atoms with Crippen LogP contribution in [0.25, 0.3) is 22.8 Å². The number of ether oxygens (including phenoxy) is 1. The Hall–Kier alpha value is -3.32. The molecular weight excluding hydrogens is 390 g/mol. The van der Waals surface area contributed by atoms with Crippen LogP contribution in [0.3, 0.4) is 0 Å². The maximum atomic E-state index is 12.6. The van der Waals surface area contributed by atoms with Crippen molar-refractivity contribution in [2.45, 2.75) is 13.8 Å². The number of halogens is 1. The molecule has 4 heterocycles. The molecule has 0 aliphatic carbocycles. The van der Waals surface area contributed by atoms with Crippen molar-refractivity contribution < 1.29 is 9.53 Å². The molecule has 7 nitrogen and oxygen atoms in total. The lowest BCUT2D eigenvalue weighted by Gasteiger charge is -2.22. The maximum absolute atomic E-state index is 12.6. The number of fused-ring (bicyclic) bond motifs is 2. The Morgan fingerprint density at radius 3 is 2.79 bits per heavy atom. The van der Waals surface area contributed by atoms with Gasteiger partial charge < -0.3 is 20.4 Å². The van der Waals surface area contributed by atoms with Gasteiger partial charge in [-0.05, 0) is 37.6 Å². The topological polar surface area (TPSA) is 91.9 Å². The van der Waals surface area contributed by atoms with Crippen molar-refractivity contribution in [2.24, 2.45) is 0 Å². The molecule has 2 aliphatic heterocycles. The Balaban J connectivity index is 1.65. The summed E-state index contributed by atoms with van der Waals surface area (Å²) < 4.78 is 5.62. The zero-order chi connectivity index (χ0) is 20.1. The second kappa shape index (κ2) is 6.63. The molecule has 0 atom stereocenters. The Morgan fingerprint density at radius 2 is 2.00 bits per heavy atom. The number of rotatable bonds is 2. The first-order chi connectivity index (χ1) is 14.0. The number of carbonyl (C=O) groups excluding carboxylic acids is 1. The maximum Gasteiger partial charge on any atom is 0.256 e. The van der Waals surface area contributed by atoms with Gasteiger partial charge in [0.15, 0.2) is 0 Å². The monoisotopic (exact) mass is 407 g/mol. The van der Waals surface area contributed by atoms with E-state index in [1.807, 2.05) is 19.9 Å². The molecular formula is C21H18ClN5O2. The van der Waals surface area contributed by atoms with Crippen LogP contribution in [-0.4, -0.2) is 34.0 Å². The molecule has 146 valence electrons. The fourth-order valence-corrected chi connectivity index (χ4v) is 3.99. The zero-order valence-corrected chi connectivity index (χ0v) is 16.6. The van der Waals surface area contributed by atoms with Gasteiger partial charge in [-0.25, -0.2) is 9.97 Å². The lowest BCUT2D eigenvalue weighted by molar-refractivity contribution is -0.110. The van der Waals surface area contributed by atoms with Crippen LogP contribution in [-0.2, 0) is 4.79 Å². The number of pyridine rings is 1. The van der Waals surface area contributed by atoms with Crippen LogP contribution in [0.15, 0.2) is 24.5 Å². The molecule has 0 spiro atoms. The van der Waals surface area contributed by atoms with Gasteiger partial charge in [-0.2, -0.15) is 0 Å². The molecule has 2 aromatic heterocycles. The first-order valence-corrected chi connectivity index (χ1v) is 9.64. The SMILES string of the molecule is Cc1ncc(/C=C2\C(=O)Nc3cc(Cl)c(-c4cnc5c(c4C)NCCO5)cc32)[nH]1. The van der Waals surface area contributed by atoms with Crippen LogP contribution >= 0.6 is 11.6 Å². The van der Waals surface area contributed by atoms with Crippen molar-refractivity contribution in [3.05, 3.63) is 52.2 Å². The van der Waals surface area contributed by atoms with E-state index in [1.54, 1.807) is 24.5 Å². The highest BCUT2D eigenvalue weighted by Gasteiger charge is 2.27. The summed E-state index contributed by atoms with van der Waals surface area (Å²) in [6.45, 7) is 5.19. The van der Waals surface area contributed by atoms with Gasteiger partial charge in [0.2, 0.25) is 5.88 Å². The van der Waals surface area contributed by atoms with E-state index in [4.69, 9.17) is 16.3 Å². The number of amides is 1. The third-order valence-corrected chi connectivity index (χ3v) is 5.46. The minimum atomic E-state index is -0.171. The smallest absolute Gasteiger partial charge is 0.256 e. The summed E-state index contributed by atoms with van der Waals surface area (Å²) in [7, 11) is 0. The fraction of sp³-hybridized carbons (Fsp3) is 0.190. The number of imidazole rings is 1. The van der Waals surface area contributed by atoms with E-state index in [1.165, 1.54) is 0 Å². The Labute approximate surface area is 172 Å². The highest BCUT2D eigenvalue weighted by Crippen LogP contribution is 2.43. The normalized spacial score (nSPS) is 16.1. The average molecular weight is 408 g/mol. The Morgan fingerprint density at radius 1 is 1.14 bits per heavy atom. The minimum absolute atomic E-state index is 0.171. The third kappa shape index (κ3) is 2.94. The highest BCUT2D eigenvalue weighted by atomic mass is 35.5. The zero-order valence-electron chi connectivity index (χ0n) is 15.9. The number of aryl methyl sites for hydroxylation is 1. The number of benzene rings is 1. The second-order valence-corrected chi connectivity index (χ2v) is 7.47. The van der Waals surface area contributed by atoms with Crippen molar-refractivity contribution in [2.75, 3.05) is 23.8 Å². The van der Waals surface area contributed by atoms with E-state index >= 15 is 0 Å². The molecule has 0 unspecified atom stereocenters. The van der Waals surface area contributed by atoms with E-state index in [2.05, 4.69) is 25.6 Å². The van der Waals surface area contributed by atoms with Crippen LogP contribution in [0.4, 0.5) is 11.4 Å². The van der Waals surface area contributed by atoms with Crippen LogP contribution < -0.4 is 15.4 Å². The molecule has 8 heteroatoms. The van der Waals surface area contributed by atoms with Crippen molar-refractivity contribution in [1.82, 2.24) is 15.0 Å². The van der Waals surface area contributed by atoms with Crippen molar-refractivity contribution >= 4 is 40.5 Å². The predicted octanol–water partition coefficient (Wildman–Crippen LogP) is 4.04. The van der Waals surface area contributed by atoms with E-state index in [-0.39, 0.29) is 5.91 Å². The lowest BCUT2D eigenvalue weighted by Crippen LogP contribution is -2.20. The van der Waals surface area contributed by atoms with Crippen molar-refractivity contribution in [1.29, 1.82) is 0 Å². The van der Waals surface area contributed by atoms with Gasteiger partial charge in [-0.3, -0.25) is 4.79 Å². The summed E-state index contributed by atoms with van der Waals surface area (Å²) in [5, 5.41) is 6.77. The van der Waals surface area contributed by atoms with E-state index in [0.29, 0.717) is 28.8 Å². The number of hydrogen-bond acceptors (Lipinski definition) is 5. The highest BCUT2D eigenvalue weighted by molar-refractivity contribution is 6.38. The molecule has 0 radical (unpaired) electrons. The molecule has 1 amide bonds. The second-order valence-electron chi connectivity index (χ2n) is 7.07. The van der Waals surface area contributed by atoms with Gasteiger partial charge in [-0.1, -0.05) is 11.6 Å². The van der Waals surface area contributed by atoms with Crippen LogP contribution in [0, 0.1) is 13.8 Å². The number of aromatic amines is 1. The number of carbonyl (C=O) groups is 1. The first-order valence-electron chi connectivity index (χ1n) is 9.26. The largest absolute Gasteiger partial charge is 0.474 e. The molecule has 3 aromatic rings. The molecule has 0 saturated heterocycles. The number of hydrogen-bond donors (Lipinski definition) is 3. The summed E-state index contributed by atoms with van der Waals surface area (Å²) in [4.78, 5) is 24.3. The summed E-state index contributed by atoms with van der Waals surface area (Å²) in [5.74, 6) is 1.22. The quantitative estimate of drug-likeness (QED) is 0.557. The Kier molecular flexibility index (Phi) is 4.06. The fourth-order valence-electron chi connectivity index (χ4n) is 3.72. The summed E-state index contributed by atoms with van der Waals surface area (Å²) in [6, 6.07) is 3.72. The molecule has 0 bridgehead atoms. The predicted molar refractivity (Wildman–Crippen MR) is 113 cm³/mol. The van der Waals surface area contributed by atoms with E-state index < -0.39 is 0 Å². The van der Waals surface area contributed by atoms with Gasteiger partial charge in [0, 0.05) is 29.4 Å². The van der Waals surface area contributed by atoms with Crippen LogP contribution in [0.2, 0.25) is 5.02 Å². The molecule has 2 aliphatic rings. The van der Waals surface area contributed by atoms with Gasteiger partial charge in [-0.15, -0.1) is 0 Å². The number of aromatic nitrogens is 3. The number of anilines is 2. The summed E-state index contributed by atoms with van der Waals surface area (Å²) >= 11 is 6.59. The minimum Gasteiger partial charge on any atom is -0.474 e. The van der Waals surface area contributed by atoms with Gasteiger partial charge in [0.05, 0.1) is 28.2 Å². The molecule has 1 aromatic carbocycles.